The number of carbonyl (C=O) groups excluding carboxylic acids is 1. The van der Waals surface area contributed by atoms with Crippen molar-refractivity contribution >= 4 is 21.6 Å². The minimum Gasteiger partial charge on any atom is -0.477 e. The fourth-order valence-electron chi connectivity index (χ4n) is 3.69. The van der Waals surface area contributed by atoms with Crippen molar-refractivity contribution in [3.63, 3.8) is 0 Å². The summed E-state index contributed by atoms with van der Waals surface area (Å²) < 4.78 is 32.0. The van der Waals surface area contributed by atoms with Gasteiger partial charge in [-0.25, -0.2) is 8.42 Å². The third-order valence-electron chi connectivity index (χ3n) is 5.30. The van der Waals surface area contributed by atoms with Crippen molar-refractivity contribution in [2.24, 2.45) is 0 Å². The molecule has 1 amide bonds. The summed E-state index contributed by atoms with van der Waals surface area (Å²) in [6, 6.07) is 3.68. The van der Waals surface area contributed by atoms with E-state index in [1.165, 1.54) is 16.4 Å². The van der Waals surface area contributed by atoms with Gasteiger partial charge in [0, 0.05) is 31.7 Å². The smallest absolute Gasteiger partial charge is 0.312 e. The SMILES string of the molecule is C[C@H]1CCCCN1C(=O)COc1ccc(S(=O)(=O)N2CCCC2)cc1[N+](=O)[O-]. The molecule has 0 spiro atoms. The molecule has 0 aromatic heterocycles. The molecule has 10 heteroatoms. The normalized spacial score (nSPS) is 20.9. The van der Waals surface area contributed by atoms with Gasteiger partial charge in [0.05, 0.1) is 9.82 Å². The Kier molecular flexibility index (Phi) is 6.19. The summed E-state index contributed by atoms with van der Waals surface area (Å²) in [5.74, 6) is -0.335. The van der Waals surface area contributed by atoms with Crippen molar-refractivity contribution in [3.05, 3.63) is 28.3 Å². The molecule has 2 fully saturated rings. The second-order valence-corrected chi connectivity index (χ2v) is 9.16. The molecule has 0 radical (unpaired) electrons. The number of hydrogen-bond donors (Lipinski definition) is 0. The third kappa shape index (κ3) is 4.27. The molecular weight excluding hydrogens is 386 g/mol. The van der Waals surface area contributed by atoms with E-state index in [1.54, 1.807) is 4.90 Å². The van der Waals surface area contributed by atoms with Crippen LogP contribution in [-0.2, 0) is 14.8 Å². The van der Waals surface area contributed by atoms with Crippen LogP contribution in [0.1, 0.15) is 39.0 Å². The Hall–Kier alpha value is -2.20. The van der Waals surface area contributed by atoms with Gasteiger partial charge >= 0.3 is 5.69 Å². The number of amides is 1. The first-order chi connectivity index (χ1) is 13.3. The van der Waals surface area contributed by atoms with Crippen LogP contribution in [0.2, 0.25) is 0 Å². The minimum atomic E-state index is -3.77. The second kappa shape index (κ2) is 8.44. The Labute approximate surface area is 164 Å². The Morgan fingerprint density at radius 2 is 1.89 bits per heavy atom. The molecule has 1 aromatic rings. The van der Waals surface area contributed by atoms with E-state index in [1.807, 2.05) is 6.92 Å². The average Bonchev–Trinajstić information content (AvgIpc) is 3.22. The van der Waals surface area contributed by atoms with E-state index in [-0.39, 0.29) is 29.2 Å². The van der Waals surface area contributed by atoms with E-state index in [0.717, 1.165) is 38.2 Å². The van der Waals surface area contributed by atoms with Crippen molar-refractivity contribution in [2.45, 2.75) is 50.0 Å². The van der Waals surface area contributed by atoms with Crippen molar-refractivity contribution in [1.29, 1.82) is 0 Å². The Morgan fingerprint density at radius 1 is 1.21 bits per heavy atom. The molecule has 2 aliphatic rings. The summed E-state index contributed by atoms with van der Waals surface area (Å²) in [6.45, 7) is 3.13. The van der Waals surface area contributed by atoms with Gasteiger partial charge in [0.1, 0.15) is 0 Å². The van der Waals surface area contributed by atoms with Crippen molar-refractivity contribution < 1.29 is 22.9 Å². The van der Waals surface area contributed by atoms with Gasteiger partial charge in [-0.05, 0) is 51.2 Å². The summed E-state index contributed by atoms with van der Waals surface area (Å²) in [6.07, 6.45) is 4.48. The predicted molar refractivity (Wildman–Crippen MR) is 102 cm³/mol. The summed E-state index contributed by atoms with van der Waals surface area (Å²) in [5.41, 5.74) is -0.459. The molecule has 9 nitrogen and oxygen atoms in total. The zero-order valence-electron chi connectivity index (χ0n) is 15.9. The van der Waals surface area contributed by atoms with Crippen LogP contribution in [0.3, 0.4) is 0 Å². The Balaban J connectivity index is 1.76. The number of rotatable bonds is 6. The van der Waals surface area contributed by atoms with Crippen LogP contribution >= 0.6 is 0 Å². The molecule has 0 bridgehead atoms. The monoisotopic (exact) mass is 411 g/mol. The summed E-state index contributed by atoms with van der Waals surface area (Å²) in [5, 5.41) is 11.4. The quantitative estimate of drug-likeness (QED) is 0.524. The van der Waals surface area contributed by atoms with E-state index in [0.29, 0.717) is 19.6 Å². The lowest BCUT2D eigenvalue weighted by atomic mass is 10.0. The van der Waals surface area contributed by atoms with Gasteiger partial charge < -0.3 is 9.64 Å². The first-order valence-electron chi connectivity index (χ1n) is 9.51. The molecule has 2 heterocycles. The number of nitro groups is 1. The second-order valence-electron chi connectivity index (χ2n) is 7.22. The number of benzene rings is 1. The topological polar surface area (TPSA) is 110 Å². The van der Waals surface area contributed by atoms with Crippen molar-refractivity contribution in [3.8, 4) is 5.75 Å². The first-order valence-corrected chi connectivity index (χ1v) is 11.0. The van der Waals surface area contributed by atoms with Crippen LogP contribution in [0.5, 0.6) is 5.75 Å². The highest BCUT2D eigenvalue weighted by Crippen LogP contribution is 2.32. The number of nitrogens with zero attached hydrogens (tertiary/aromatic N) is 3. The average molecular weight is 411 g/mol. The van der Waals surface area contributed by atoms with Crippen LogP contribution in [0, 0.1) is 10.1 Å². The molecule has 2 saturated heterocycles. The van der Waals surface area contributed by atoms with Gasteiger partial charge in [-0.1, -0.05) is 0 Å². The van der Waals surface area contributed by atoms with Gasteiger partial charge in [0.15, 0.2) is 12.4 Å². The highest BCUT2D eigenvalue weighted by Gasteiger charge is 2.30. The molecule has 0 saturated carbocycles. The van der Waals surface area contributed by atoms with Gasteiger partial charge in [0.25, 0.3) is 5.91 Å². The number of carbonyl (C=O) groups is 1. The van der Waals surface area contributed by atoms with E-state index >= 15 is 0 Å². The summed E-state index contributed by atoms with van der Waals surface area (Å²) in [4.78, 5) is 24.7. The van der Waals surface area contributed by atoms with Crippen molar-refractivity contribution in [2.75, 3.05) is 26.2 Å². The standard InChI is InChI=1S/C18H25N3O6S/c1-14-6-2-3-11-20(14)18(22)13-27-17-8-7-15(12-16(17)21(23)24)28(25,26)19-9-4-5-10-19/h7-8,12,14H,2-6,9-11,13H2,1H3/t14-/m0/s1. The molecule has 154 valence electrons. The molecule has 2 aliphatic heterocycles. The Bertz CT molecular complexity index is 851. The summed E-state index contributed by atoms with van der Waals surface area (Å²) in [7, 11) is -3.77. The highest BCUT2D eigenvalue weighted by molar-refractivity contribution is 7.89. The maximum atomic E-state index is 12.6. The fraction of sp³-hybridized carbons (Fsp3) is 0.611. The molecule has 0 aliphatic carbocycles. The van der Waals surface area contributed by atoms with E-state index in [2.05, 4.69) is 0 Å². The van der Waals surface area contributed by atoms with Gasteiger partial charge in [-0.2, -0.15) is 4.31 Å². The van der Waals surface area contributed by atoms with Crippen molar-refractivity contribution in [1.82, 2.24) is 9.21 Å². The maximum absolute atomic E-state index is 12.6. The lowest BCUT2D eigenvalue weighted by molar-refractivity contribution is -0.386. The zero-order chi connectivity index (χ0) is 20.3. The molecule has 0 N–H and O–H groups in total. The number of hydrogen-bond acceptors (Lipinski definition) is 6. The minimum absolute atomic E-state index is 0.108. The van der Waals surface area contributed by atoms with Gasteiger partial charge in [-0.3, -0.25) is 14.9 Å². The lowest BCUT2D eigenvalue weighted by Crippen LogP contribution is -2.44. The van der Waals surface area contributed by atoms with Crippen LogP contribution in [0.15, 0.2) is 23.1 Å². The predicted octanol–water partition coefficient (Wildman–Crippen LogP) is 2.16. The maximum Gasteiger partial charge on any atom is 0.312 e. The number of nitro benzene ring substituents is 1. The van der Waals surface area contributed by atoms with Crippen LogP contribution in [0.4, 0.5) is 5.69 Å². The largest absolute Gasteiger partial charge is 0.477 e. The van der Waals surface area contributed by atoms with Crippen LogP contribution < -0.4 is 4.74 Å². The molecule has 3 rings (SSSR count). The third-order valence-corrected chi connectivity index (χ3v) is 7.20. The fourth-order valence-corrected chi connectivity index (χ4v) is 5.23. The molecule has 0 unspecified atom stereocenters. The van der Waals surface area contributed by atoms with E-state index in [4.69, 9.17) is 4.74 Å². The lowest BCUT2D eigenvalue weighted by Gasteiger charge is -2.33. The number of piperidine rings is 1. The van der Waals surface area contributed by atoms with E-state index in [9.17, 15) is 23.3 Å². The number of likely N-dealkylation sites (tertiary alicyclic amines) is 1. The van der Waals surface area contributed by atoms with Gasteiger partial charge in [-0.15, -0.1) is 0 Å². The van der Waals surface area contributed by atoms with Crippen LogP contribution in [0.25, 0.3) is 0 Å². The number of sulfonamides is 1. The molecule has 1 atom stereocenters. The first kappa shape index (κ1) is 20.5. The van der Waals surface area contributed by atoms with Gasteiger partial charge in [0.2, 0.25) is 10.0 Å². The van der Waals surface area contributed by atoms with Crippen LogP contribution in [-0.4, -0.2) is 60.7 Å². The molecule has 1 aromatic carbocycles. The summed E-state index contributed by atoms with van der Waals surface area (Å²) >= 11 is 0. The van der Waals surface area contributed by atoms with E-state index < -0.39 is 20.6 Å². The number of ether oxygens (including phenoxy) is 1. The molecular formula is C18H25N3O6S. The highest BCUT2D eigenvalue weighted by atomic mass is 32.2. The Morgan fingerprint density at radius 3 is 2.54 bits per heavy atom. The zero-order valence-corrected chi connectivity index (χ0v) is 16.7. The molecule has 28 heavy (non-hydrogen) atoms.